The standard InChI is InChI=1S/C14H28N4O2/c1-4-18(10-13(19)16-12(2)3)14(20)11-17-8-5-6-15-7-9-17/h12,15H,4-11H2,1-3H3,(H,16,19). The van der Waals surface area contributed by atoms with E-state index in [2.05, 4.69) is 15.5 Å². The van der Waals surface area contributed by atoms with Gasteiger partial charge in [-0.05, 0) is 40.3 Å². The van der Waals surface area contributed by atoms with Gasteiger partial charge in [-0.1, -0.05) is 0 Å². The average molecular weight is 284 g/mol. The van der Waals surface area contributed by atoms with Crippen molar-refractivity contribution in [2.75, 3.05) is 45.8 Å². The Balaban J connectivity index is 2.42. The van der Waals surface area contributed by atoms with Gasteiger partial charge in [0.1, 0.15) is 0 Å². The van der Waals surface area contributed by atoms with Crippen molar-refractivity contribution in [3.63, 3.8) is 0 Å². The zero-order valence-corrected chi connectivity index (χ0v) is 12.9. The minimum atomic E-state index is -0.0901. The van der Waals surface area contributed by atoms with Gasteiger partial charge in [0.15, 0.2) is 0 Å². The van der Waals surface area contributed by atoms with Gasteiger partial charge in [0.05, 0.1) is 13.1 Å². The van der Waals surface area contributed by atoms with Gasteiger partial charge in [-0.15, -0.1) is 0 Å². The summed E-state index contributed by atoms with van der Waals surface area (Å²) in [6, 6.07) is 0.105. The summed E-state index contributed by atoms with van der Waals surface area (Å²) < 4.78 is 0. The Kier molecular flexibility index (Phi) is 7.54. The lowest BCUT2D eigenvalue weighted by molar-refractivity contribution is -0.136. The Bertz CT molecular complexity index is 312. The second-order valence-corrected chi connectivity index (χ2v) is 5.51. The number of hydrogen-bond donors (Lipinski definition) is 2. The van der Waals surface area contributed by atoms with Crippen LogP contribution in [0.5, 0.6) is 0 Å². The molecule has 0 saturated carbocycles. The van der Waals surface area contributed by atoms with E-state index in [0.29, 0.717) is 13.1 Å². The molecule has 116 valence electrons. The lowest BCUT2D eigenvalue weighted by Crippen LogP contribution is -2.46. The van der Waals surface area contributed by atoms with E-state index in [0.717, 1.165) is 32.6 Å². The lowest BCUT2D eigenvalue weighted by Gasteiger charge is -2.25. The summed E-state index contributed by atoms with van der Waals surface area (Å²) in [5.41, 5.74) is 0. The van der Waals surface area contributed by atoms with Crippen LogP contribution in [0.15, 0.2) is 0 Å². The number of nitrogens with one attached hydrogen (secondary N) is 2. The van der Waals surface area contributed by atoms with Crippen LogP contribution in [0.1, 0.15) is 27.2 Å². The van der Waals surface area contributed by atoms with E-state index in [9.17, 15) is 9.59 Å². The Hall–Kier alpha value is -1.14. The van der Waals surface area contributed by atoms with E-state index < -0.39 is 0 Å². The molecular formula is C14H28N4O2. The quantitative estimate of drug-likeness (QED) is 0.700. The first-order valence-corrected chi connectivity index (χ1v) is 7.53. The predicted octanol–water partition coefficient (Wildman–Crippen LogP) is -0.345. The van der Waals surface area contributed by atoms with Crippen molar-refractivity contribution in [3.8, 4) is 0 Å². The first kappa shape index (κ1) is 16.9. The highest BCUT2D eigenvalue weighted by Crippen LogP contribution is 1.98. The van der Waals surface area contributed by atoms with Crippen molar-refractivity contribution in [1.82, 2.24) is 20.4 Å². The number of nitrogens with zero attached hydrogens (tertiary/aromatic N) is 2. The third-order valence-electron chi connectivity index (χ3n) is 3.31. The second-order valence-electron chi connectivity index (χ2n) is 5.51. The monoisotopic (exact) mass is 284 g/mol. The predicted molar refractivity (Wildman–Crippen MR) is 79.5 cm³/mol. The average Bonchev–Trinajstić information content (AvgIpc) is 2.63. The molecule has 0 bridgehead atoms. The highest BCUT2D eigenvalue weighted by Gasteiger charge is 2.19. The largest absolute Gasteiger partial charge is 0.352 e. The van der Waals surface area contributed by atoms with Crippen molar-refractivity contribution in [3.05, 3.63) is 0 Å². The number of likely N-dealkylation sites (N-methyl/N-ethyl adjacent to an activating group) is 1. The van der Waals surface area contributed by atoms with Crippen LogP contribution in [0.2, 0.25) is 0 Å². The van der Waals surface area contributed by atoms with Crippen LogP contribution in [0.3, 0.4) is 0 Å². The van der Waals surface area contributed by atoms with Gasteiger partial charge in [-0.3, -0.25) is 14.5 Å². The third kappa shape index (κ3) is 6.34. The van der Waals surface area contributed by atoms with Crippen LogP contribution in [-0.4, -0.2) is 73.5 Å². The van der Waals surface area contributed by atoms with Gasteiger partial charge in [0.2, 0.25) is 11.8 Å². The van der Waals surface area contributed by atoms with Crippen LogP contribution < -0.4 is 10.6 Å². The fourth-order valence-electron chi connectivity index (χ4n) is 2.27. The van der Waals surface area contributed by atoms with Crippen molar-refractivity contribution >= 4 is 11.8 Å². The molecule has 2 amide bonds. The maximum Gasteiger partial charge on any atom is 0.239 e. The van der Waals surface area contributed by atoms with Crippen molar-refractivity contribution in [1.29, 1.82) is 0 Å². The van der Waals surface area contributed by atoms with Crippen molar-refractivity contribution < 1.29 is 9.59 Å². The smallest absolute Gasteiger partial charge is 0.239 e. The minimum Gasteiger partial charge on any atom is -0.352 e. The fraction of sp³-hybridized carbons (Fsp3) is 0.857. The van der Waals surface area contributed by atoms with Crippen LogP contribution in [0, 0.1) is 0 Å². The van der Waals surface area contributed by atoms with Gasteiger partial charge in [0.25, 0.3) is 0 Å². The summed E-state index contributed by atoms with van der Waals surface area (Å²) in [6.07, 6.45) is 1.06. The summed E-state index contributed by atoms with van der Waals surface area (Å²) in [5.74, 6) is -0.0546. The van der Waals surface area contributed by atoms with Gasteiger partial charge in [-0.25, -0.2) is 0 Å². The summed E-state index contributed by atoms with van der Waals surface area (Å²) in [7, 11) is 0. The van der Waals surface area contributed by atoms with Gasteiger partial charge >= 0.3 is 0 Å². The van der Waals surface area contributed by atoms with Crippen LogP contribution in [0.25, 0.3) is 0 Å². The summed E-state index contributed by atoms with van der Waals surface area (Å²) in [4.78, 5) is 27.8. The molecule has 0 unspecified atom stereocenters. The molecule has 20 heavy (non-hydrogen) atoms. The van der Waals surface area contributed by atoms with Gasteiger partial charge in [0, 0.05) is 25.7 Å². The molecular weight excluding hydrogens is 256 g/mol. The molecule has 0 atom stereocenters. The number of hydrogen-bond acceptors (Lipinski definition) is 4. The molecule has 1 aliphatic rings. The fourth-order valence-corrected chi connectivity index (χ4v) is 2.27. The molecule has 0 aromatic rings. The van der Waals surface area contributed by atoms with E-state index in [1.165, 1.54) is 0 Å². The van der Waals surface area contributed by atoms with E-state index >= 15 is 0 Å². The molecule has 0 aromatic carbocycles. The molecule has 6 heteroatoms. The molecule has 6 nitrogen and oxygen atoms in total. The van der Waals surface area contributed by atoms with E-state index in [1.807, 2.05) is 20.8 Å². The van der Waals surface area contributed by atoms with E-state index in [1.54, 1.807) is 4.90 Å². The Labute approximate surface area is 121 Å². The van der Waals surface area contributed by atoms with Crippen molar-refractivity contribution in [2.24, 2.45) is 0 Å². The topological polar surface area (TPSA) is 64.7 Å². The first-order chi connectivity index (χ1) is 9.52. The Morgan fingerprint density at radius 3 is 2.70 bits per heavy atom. The molecule has 1 heterocycles. The normalized spacial score (nSPS) is 16.8. The summed E-state index contributed by atoms with van der Waals surface area (Å²) in [5, 5.41) is 6.14. The SMILES string of the molecule is CCN(CC(=O)NC(C)C)C(=O)CN1CCCNCC1. The molecule has 2 N–H and O–H groups in total. The molecule has 1 rings (SSSR count). The molecule has 1 saturated heterocycles. The van der Waals surface area contributed by atoms with Crippen LogP contribution in [-0.2, 0) is 9.59 Å². The van der Waals surface area contributed by atoms with Gasteiger partial charge in [-0.2, -0.15) is 0 Å². The molecule has 0 aliphatic carbocycles. The molecule has 0 aromatic heterocycles. The number of rotatable bonds is 6. The zero-order valence-electron chi connectivity index (χ0n) is 12.9. The van der Waals surface area contributed by atoms with E-state index in [-0.39, 0.29) is 24.4 Å². The summed E-state index contributed by atoms with van der Waals surface area (Å²) >= 11 is 0. The number of carbonyl (C=O) groups is 2. The minimum absolute atomic E-state index is 0.0355. The van der Waals surface area contributed by atoms with Crippen LogP contribution >= 0.6 is 0 Å². The van der Waals surface area contributed by atoms with Crippen LogP contribution in [0.4, 0.5) is 0 Å². The maximum atomic E-state index is 12.3. The second kappa shape index (κ2) is 8.92. The third-order valence-corrected chi connectivity index (χ3v) is 3.31. The molecule has 1 fully saturated rings. The zero-order chi connectivity index (χ0) is 15.0. The highest BCUT2D eigenvalue weighted by molar-refractivity contribution is 5.85. The summed E-state index contributed by atoms with van der Waals surface area (Å²) in [6.45, 7) is 10.6. The molecule has 0 radical (unpaired) electrons. The number of amides is 2. The highest BCUT2D eigenvalue weighted by atomic mass is 16.2. The van der Waals surface area contributed by atoms with Gasteiger partial charge < -0.3 is 15.5 Å². The van der Waals surface area contributed by atoms with E-state index in [4.69, 9.17) is 0 Å². The first-order valence-electron chi connectivity index (χ1n) is 7.53. The number of carbonyl (C=O) groups excluding carboxylic acids is 2. The lowest BCUT2D eigenvalue weighted by atomic mass is 10.3. The molecule has 0 spiro atoms. The maximum absolute atomic E-state index is 12.3. The molecule has 1 aliphatic heterocycles. The Morgan fingerprint density at radius 2 is 2.05 bits per heavy atom. The Morgan fingerprint density at radius 1 is 1.30 bits per heavy atom. The van der Waals surface area contributed by atoms with Crippen molar-refractivity contribution in [2.45, 2.75) is 33.2 Å².